The van der Waals surface area contributed by atoms with Crippen molar-refractivity contribution in [1.29, 1.82) is 0 Å². The summed E-state index contributed by atoms with van der Waals surface area (Å²) < 4.78 is 59.5. The molecule has 8 heteroatoms. The second kappa shape index (κ2) is 3.93. The van der Waals surface area contributed by atoms with Crippen LogP contribution in [-0.4, -0.2) is 19.2 Å². The van der Waals surface area contributed by atoms with E-state index in [4.69, 9.17) is 0 Å². The molecule has 0 fully saturated rings. The molecular formula is C8H8F3NO3S. The number of pyridine rings is 1. The summed E-state index contributed by atoms with van der Waals surface area (Å²) in [7, 11) is -3.96. The van der Waals surface area contributed by atoms with Gasteiger partial charge in [0.05, 0.1) is 11.3 Å². The van der Waals surface area contributed by atoms with E-state index in [1.807, 2.05) is 0 Å². The van der Waals surface area contributed by atoms with Crippen LogP contribution < -0.4 is 5.56 Å². The standard InChI is InChI=1S/C8H8F3NO3S/c1-2-16(14,15)6-3-5(8(9,10)11)4-12-7(6)13/h3-4H,2H2,1H3,(H,12,13). The lowest BCUT2D eigenvalue weighted by atomic mass is 10.3. The Morgan fingerprint density at radius 1 is 1.38 bits per heavy atom. The van der Waals surface area contributed by atoms with Crippen molar-refractivity contribution in [1.82, 2.24) is 4.98 Å². The molecule has 0 unspecified atom stereocenters. The van der Waals surface area contributed by atoms with Crippen LogP contribution in [0.25, 0.3) is 0 Å². The van der Waals surface area contributed by atoms with Crippen molar-refractivity contribution in [3.05, 3.63) is 28.2 Å². The molecule has 0 aromatic carbocycles. The normalized spacial score (nSPS) is 12.8. The molecule has 0 atom stereocenters. The second-order valence-corrected chi connectivity index (χ2v) is 5.23. The number of sulfone groups is 1. The van der Waals surface area contributed by atoms with Gasteiger partial charge in [0.1, 0.15) is 4.90 Å². The zero-order chi connectivity index (χ0) is 12.6. The van der Waals surface area contributed by atoms with E-state index in [0.29, 0.717) is 12.3 Å². The minimum atomic E-state index is -4.69. The number of hydrogen-bond donors (Lipinski definition) is 1. The fourth-order valence-corrected chi connectivity index (χ4v) is 1.97. The van der Waals surface area contributed by atoms with Gasteiger partial charge >= 0.3 is 6.18 Å². The zero-order valence-corrected chi connectivity index (χ0v) is 8.95. The number of aromatic amines is 1. The minimum absolute atomic E-state index is 0.345. The monoisotopic (exact) mass is 255 g/mol. The Morgan fingerprint density at radius 2 is 1.94 bits per heavy atom. The van der Waals surface area contributed by atoms with Crippen LogP contribution in [0.2, 0.25) is 0 Å². The van der Waals surface area contributed by atoms with Crippen molar-refractivity contribution in [3.8, 4) is 0 Å². The van der Waals surface area contributed by atoms with Gasteiger partial charge in [-0.3, -0.25) is 4.79 Å². The van der Waals surface area contributed by atoms with Crippen LogP contribution >= 0.6 is 0 Å². The molecule has 0 radical (unpaired) electrons. The highest BCUT2D eigenvalue weighted by atomic mass is 32.2. The van der Waals surface area contributed by atoms with E-state index >= 15 is 0 Å². The highest BCUT2D eigenvalue weighted by Crippen LogP contribution is 2.29. The maximum atomic E-state index is 12.3. The summed E-state index contributed by atoms with van der Waals surface area (Å²) in [6.45, 7) is 1.25. The molecule has 0 saturated carbocycles. The number of nitrogens with one attached hydrogen (secondary N) is 1. The molecule has 4 nitrogen and oxygen atoms in total. The number of rotatable bonds is 2. The smallest absolute Gasteiger partial charge is 0.327 e. The molecule has 1 N–H and O–H groups in total. The summed E-state index contributed by atoms with van der Waals surface area (Å²) in [6, 6.07) is 0.345. The predicted molar refractivity (Wildman–Crippen MR) is 49.8 cm³/mol. The Morgan fingerprint density at radius 3 is 2.38 bits per heavy atom. The molecule has 1 aromatic heterocycles. The predicted octanol–water partition coefficient (Wildman–Crippen LogP) is 1.19. The molecule has 16 heavy (non-hydrogen) atoms. The summed E-state index contributed by atoms with van der Waals surface area (Å²) in [5.74, 6) is -0.433. The quantitative estimate of drug-likeness (QED) is 0.863. The van der Waals surface area contributed by atoms with Crippen molar-refractivity contribution >= 4 is 9.84 Å². The van der Waals surface area contributed by atoms with E-state index in [0.717, 1.165) is 0 Å². The van der Waals surface area contributed by atoms with Crippen LogP contribution in [0.4, 0.5) is 13.2 Å². The fourth-order valence-electron chi connectivity index (χ4n) is 1.01. The first-order valence-corrected chi connectivity index (χ1v) is 5.86. The van der Waals surface area contributed by atoms with Gasteiger partial charge in [-0.05, 0) is 6.07 Å². The summed E-state index contributed by atoms with van der Waals surface area (Å²) >= 11 is 0. The van der Waals surface area contributed by atoms with Crippen molar-refractivity contribution in [2.45, 2.75) is 18.0 Å². The molecule has 0 aliphatic carbocycles. The largest absolute Gasteiger partial charge is 0.417 e. The lowest BCUT2D eigenvalue weighted by molar-refractivity contribution is -0.138. The minimum Gasteiger partial charge on any atom is -0.327 e. The van der Waals surface area contributed by atoms with Gasteiger partial charge in [-0.15, -0.1) is 0 Å². The molecule has 90 valence electrons. The Bertz CT molecular complexity index is 544. The highest BCUT2D eigenvalue weighted by molar-refractivity contribution is 7.91. The van der Waals surface area contributed by atoms with Crippen molar-refractivity contribution in [3.63, 3.8) is 0 Å². The van der Waals surface area contributed by atoms with E-state index in [-0.39, 0.29) is 0 Å². The molecule has 0 spiro atoms. The summed E-state index contributed by atoms with van der Waals surface area (Å²) in [4.78, 5) is 12.0. The molecule has 0 bridgehead atoms. The Kier molecular flexibility index (Phi) is 3.13. The zero-order valence-electron chi connectivity index (χ0n) is 8.13. The highest BCUT2D eigenvalue weighted by Gasteiger charge is 2.32. The van der Waals surface area contributed by atoms with Crippen LogP contribution in [-0.2, 0) is 16.0 Å². The van der Waals surface area contributed by atoms with Gasteiger partial charge in [0.15, 0.2) is 9.84 Å². The molecule has 0 saturated heterocycles. The van der Waals surface area contributed by atoms with Crippen LogP contribution in [0.1, 0.15) is 12.5 Å². The van der Waals surface area contributed by atoms with Crippen LogP contribution in [0.15, 0.2) is 22.0 Å². The van der Waals surface area contributed by atoms with E-state index < -0.39 is 37.8 Å². The van der Waals surface area contributed by atoms with Gasteiger partial charge in [0.2, 0.25) is 0 Å². The second-order valence-electron chi connectivity index (χ2n) is 2.98. The van der Waals surface area contributed by atoms with E-state index in [1.165, 1.54) is 6.92 Å². The first-order chi connectivity index (χ1) is 7.18. The average molecular weight is 255 g/mol. The third-order valence-corrected chi connectivity index (χ3v) is 3.65. The van der Waals surface area contributed by atoms with Crippen molar-refractivity contribution in [2.75, 3.05) is 5.75 Å². The SMILES string of the molecule is CCS(=O)(=O)c1cc(C(F)(F)F)c[nH]c1=O. The molecule has 0 aliphatic heterocycles. The van der Waals surface area contributed by atoms with Crippen molar-refractivity contribution < 1.29 is 21.6 Å². The lowest BCUT2D eigenvalue weighted by Crippen LogP contribution is -2.21. The Hall–Kier alpha value is -1.31. The van der Waals surface area contributed by atoms with Gasteiger partial charge in [-0.25, -0.2) is 8.42 Å². The van der Waals surface area contributed by atoms with E-state index in [2.05, 4.69) is 0 Å². The number of halogens is 3. The third kappa shape index (κ3) is 2.43. The molecule has 1 rings (SSSR count). The van der Waals surface area contributed by atoms with Gasteiger partial charge in [0.25, 0.3) is 5.56 Å². The van der Waals surface area contributed by atoms with E-state index in [9.17, 15) is 26.4 Å². The van der Waals surface area contributed by atoms with Gasteiger partial charge in [0, 0.05) is 6.20 Å². The molecule has 1 heterocycles. The Balaban J connectivity index is 3.49. The molecule has 0 aliphatic rings. The van der Waals surface area contributed by atoms with Gasteiger partial charge < -0.3 is 4.98 Å². The maximum Gasteiger partial charge on any atom is 0.417 e. The number of H-pyrrole nitrogens is 1. The first kappa shape index (κ1) is 12.8. The van der Waals surface area contributed by atoms with Crippen LogP contribution in [0, 0.1) is 0 Å². The van der Waals surface area contributed by atoms with Crippen LogP contribution in [0.3, 0.4) is 0 Å². The lowest BCUT2D eigenvalue weighted by Gasteiger charge is -2.07. The topological polar surface area (TPSA) is 67.0 Å². The van der Waals surface area contributed by atoms with E-state index in [1.54, 1.807) is 4.98 Å². The number of aromatic nitrogens is 1. The summed E-state index contributed by atoms with van der Waals surface area (Å²) in [5.41, 5.74) is -2.24. The van der Waals surface area contributed by atoms with Gasteiger partial charge in [-0.2, -0.15) is 13.2 Å². The Labute approximate surface area is 89.0 Å². The summed E-state index contributed by atoms with van der Waals surface area (Å²) in [5, 5.41) is 0. The van der Waals surface area contributed by atoms with Crippen LogP contribution in [0.5, 0.6) is 0 Å². The number of hydrogen-bond acceptors (Lipinski definition) is 3. The molecule has 1 aromatic rings. The first-order valence-electron chi connectivity index (χ1n) is 4.21. The third-order valence-electron chi connectivity index (χ3n) is 1.91. The number of alkyl halides is 3. The molecule has 0 amide bonds. The van der Waals surface area contributed by atoms with Crippen molar-refractivity contribution in [2.24, 2.45) is 0 Å². The maximum absolute atomic E-state index is 12.3. The average Bonchev–Trinajstić information content (AvgIpc) is 2.16. The molecular weight excluding hydrogens is 247 g/mol. The van der Waals surface area contributed by atoms with Gasteiger partial charge in [-0.1, -0.05) is 6.92 Å². The summed E-state index contributed by atoms with van der Waals surface area (Å²) in [6.07, 6.45) is -4.25. The fraction of sp³-hybridized carbons (Fsp3) is 0.375.